The summed E-state index contributed by atoms with van der Waals surface area (Å²) >= 11 is 0. The molecule has 11 rings (SSSR count). The van der Waals surface area contributed by atoms with Gasteiger partial charge in [0.1, 0.15) is 22.3 Å². The lowest BCUT2D eigenvalue weighted by Gasteiger charge is -2.24. The lowest BCUT2D eigenvalue weighted by molar-refractivity contribution is 0.666. The van der Waals surface area contributed by atoms with Crippen LogP contribution in [0, 0.1) is 0 Å². The highest BCUT2D eigenvalue weighted by Crippen LogP contribution is 2.56. The summed E-state index contributed by atoms with van der Waals surface area (Å²) in [6, 6.07) is 52.8. The zero-order valence-electron chi connectivity index (χ0n) is 27.2. The molecule has 0 spiro atoms. The van der Waals surface area contributed by atoms with Crippen LogP contribution in [-0.4, -0.2) is 0 Å². The van der Waals surface area contributed by atoms with Crippen molar-refractivity contribution in [3.63, 3.8) is 0 Å². The molecule has 2 aromatic heterocycles. The van der Waals surface area contributed by atoms with Gasteiger partial charge >= 0.3 is 0 Å². The number of hydrogen-bond donors (Lipinski definition) is 0. The van der Waals surface area contributed by atoms with Crippen molar-refractivity contribution >= 4 is 65.4 Å². The standard InChI is InChI=1S/C47H30O2/c1-47(2)39-25-31(32-15-9-17-42-44(32)38-22-27-10-3-4-11-28(27)26-43(38)49-42)18-20-35(39)45-36(23-29-12-5-6-13-33(29)46(45)47)30-19-21-41-37(24-30)34-14-7-8-16-40(34)48-41/h3-26H,1-2H3. The molecule has 1 aliphatic rings. The summed E-state index contributed by atoms with van der Waals surface area (Å²) in [5.41, 5.74) is 13.7. The lowest BCUT2D eigenvalue weighted by atomic mass is 9.78. The van der Waals surface area contributed by atoms with Crippen LogP contribution in [0.5, 0.6) is 0 Å². The van der Waals surface area contributed by atoms with Gasteiger partial charge in [0.15, 0.2) is 0 Å². The Morgan fingerprint density at radius 3 is 1.96 bits per heavy atom. The molecule has 2 heteroatoms. The molecule has 0 saturated heterocycles. The van der Waals surface area contributed by atoms with Gasteiger partial charge in [0.25, 0.3) is 0 Å². The molecule has 0 radical (unpaired) electrons. The van der Waals surface area contributed by atoms with Crippen LogP contribution >= 0.6 is 0 Å². The molecule has 2 heterocycles. The molecule has 1 aliphatic carbocycles. The smallest absolute Gasteiger partial charge is 0.136 e. The predicted octanol–water partition coefficient (Wildman–Crippen LogP) is 13.4. The van der Waals surface area contributed by atoms with E-state index >= 15 is 0 Å². The van der Waals surface area contributed by atoms with E-state index in [9.17, 15) is 0 Å². The van der Waals surface area contributed by atoms with E-state index in [1.807, 2.05) is 12.1 Å². The number of benzene rings is 8. The molecular formula is C47H30O2. The van der Waals surface area contributed by atoms with Crippen LogP contribution in [0.15, 0.2) is 154 Å². The van der Waals surface area contributed by atoms with E-state index in [2.05, 4.69) is 147 Å². The quantitative estimate of drug-likeness (QED) is 0.191. The summed E-state index contributed by atoms with van der Waals surface area (Å²) in [5, 5.41) is 9.61. The largest absolute Gasteiger partial charge is 0.456 e. The predicted molar refractivity (Wildman–Crippen MR) is 204 cm³/mol. The third kappa shape index (κ3) is 3.66. The highest BCUT2D eigenvalue weighted by atomic mass is 16.3. The van der Waals surface area contributed by atoms with Crippen molar-refractivity contribution in [2.45, 2.75) is 19.3 Å². The fourth-order valence-electron chi connectivity index (χ4n) is 8.73. The second-order valence-corrected chi connectivity index (χ2v) is 14.1. The summed E-state index contributed by atoms with van der Waals surface area (Å²) in [5.74, 6) is 0. The lowest BCUT2D eigenvalue weighted by Crippen LogP contribution is -2.15. The number of para-hydroxylation sites is 1. The van der Waals surface area contributed by atoms with Crippen LogP contribution in [0.4, 0.5) is 0 Å². The van der Waals surface area contributed by atoms with E-state index in [0.29, 0.717) is 0 Å². The van der Waals surface area contributed by atoms with E-state index in [-0.39, 0.29) is 5.41 Å². The van der Waals surface area contributed by atoms with Crippen LogP contribution in [0.2, 0.25) is 0 Å². The molecule has 0 atom stereocenters. The maximum atomic E-state index is 6.46. The van der Waals surface area contributed by atoms with Gasteiger partial charge in [-0.15, -0.1) is 0 Å². The summed E-state index contributed by atoms with van der Waals surface area (Å²) in [6.07, 6.45) is 0. The van der Waals surface area contributed by atoms with Gasteiger partial charge in [0, 0.05) is 27.0 Å². The average molecular weight is 627 g/mol. The van der Waals surface area contributed by atoms with Gasteiger partial charge in [-0.05, 0) is 115 Å². The van der Waals surface area contributed by atoms with Crippen molar-refractivity contribution in [3.05, 3.63) is 157 Å². The zero-order valence-corrected chi connectivity index (χ0v) is 27.2. The molecule has 10 aromatic rings. The van der Waals surface area contributed by atoms with Gasteiger partial charge in [0.2, 0.25) is 0 Å². The molecule has 230 valence electrons. The third-order valence-corrected chi connectivity index (χ3v) is 11.0. The number of rotatable bonds is 2. The minimum absolute atomic E-state index is 0.217. The monoisotopic (exact) mass is 626 g/mol. The molecule has 0 bridgehead atoms. The van der Waals surface area contributed by atoms with Crippen LogP contribution in [0.1, 0.15) is 25.0 Å². The van der Waals surface area contributed by atoms with E-state index in [1.165, 1.54) is 71.4 Å². The highest BCUT2D eigenvalue weighted by Gasteiger charge is 2.39. The van der Waals surface area contributed by atoms with Crippen molar-refractivity contribution in [2.75, 3.05) is 0 Å². The van der Waals surface area contributed by atoms with Crippen LogP contribution in [0.25, 0.3) is 98.8 Å². The Balaban J connectivity index is 1.16. The maximum absolute atomic E-state index is 6.46. The highest BCUT2D eigenvalue weighted by molar-refractivity contribution is 6.16. The summed E-state index contributed by atoms with van der Waals surface area (Å²) in [4.78, 5) is 0. The van der Waals surface area contributed by atoms with Crippen molar-refractivity contribution in [3.8, 4) is 33.4 Å². The fourth-order valence-corrected chi connectivity index (χ4v) is 8.73. The summed E-state index contributed by atoms with van der Waals surface area (Å²) in [6.45, 7) is 4.79. The van der Waals surface area contributed by atoms with E-state index < -0.39 is 0 Å². The van der Waals surface area contributed by atoms with Crippen LogP contribution < -0.4 is 0 Å². The summed E-state index contributed by atoms with van der Waals surface area (Å²) in [7, 11) is 0. The molecular weight excluding hydrogens is 597 g/mol. The molecule has 0 N–H and O–H groups in total. The van der Waals surface area contributed by atoms with Gasteiger partial charge < -0.3 is 8.83 Å². The second-order valence-electron chi connectivity index (χ2n) is 14.1. The van der Waals surface area contributed by atoms with Gasteiger partial charge in [-0.1, -0.05) is 111 Å². The molecule has 0 fully saturated rings. The third-order valence-electron chi connectivity index (χ3n) is 11.0. The maximum Gasteiger partial charge on any atom is 0.136 e. The van der Waals surface area contributed by atoms with E-state index in [0.717, 1.165) is 38.5 Å². The van der Waals surface area contributed by atoms with Crippen LogP contribution in [-0.2, 0) is 5.41 Å². The molecule has 49 heavy (non-hydrogen) atoms. The normalized spacial score (nSPS) is 13.7. The Labute approximate surface area is 282 Å². The van der Waals surface area contributed by atoms with Crippen molar-refractivity contribution in [1.82, 2.24) is 0 Å². The first-order valence-corrected chi connectivity index (χ1v) is 17.0. The Morgan fingerprint density at radius 1 is 0.408 bits per heavy atom. The molecule has 0 amide bonds. The molecule has 0 unspecified atom stereocenters. The van der Waals surface area contributed by atoms with Crippen molar-refractivity contribution < 1.29 is 8.83 Å². The van der Waals surface area contributed by atoms with Crippen LogP contribution in [0.3, 0.4) is 0 Å². The number of fused-ring (bicyclic) bond motifs is 12. The Hall–Kier alpha value is -6.12. The van der Waals surface area contributed by atoms with Crippen molar-refractivity contribution in [1.29, 1.82) is 0 Å². The Bertz CT molecular complexity index is 3020. The summed E-state index contributed by atoms with van der Waals surface area (Å²) < 4.78 is 12.7. The minimum Gasteiger partial charge on any atom is -0.456 e. The molecule has 2 nitrogen and oxygen atoms in total. The van der Waals surface area contributed by atoms with E-state index in [1.54, 1.807) is 0 Å². The number of furan rings is 2. The zero-order chi connectivity index (χ0) is 32.4. The topological polar surface area (TPSA) is 26.3 Å². The first-order chi connectivity index (χ1) is 24.0. The van der Waals surface area contributed by atoms with Crippen molar-refractivity contribution in [2.24, 2.45) is 0 Å². The molecule has 0 saturated carbocycles. The Morgan fingerprint density at radius 2 is 1.08 bits per heavy atom. The first-order valence-electron chi connectivity index (χ1n) is 17.0. The van der Waals surface area contributed by atoms with E-state index in [4.69, 9.17) is 8.83 Å². The van der Waals surface area contributed by atoms with Gasteiger partial charge in [-0.3, -0.25) is 0 Å². The fraction of sp³-hybridized carbons (Fsp3) is 0.0638. The number of hydrogen-bond acceptors (Lipinski definition) is 2. The second kappa shape index (κ2) is 9.49. The van der Waals surface area contributed by atoms with Gasteiger partial charge in [0.05, 0.1) is 0 Å². The minimum atomic E-state index is -0.217. The first kappa shape index (κ1) is 26.9. The van der Waals surface area contributed by atoms with Gasteiger partial charge in [-0.25, -0.2) is 0 Å². The molecule has 0 aliphatic heterocycles. The van der Waals surface area contributed by atoms with Gasteiger partial charge in [-0.2, -0.15) is 0 Å². The Kier molecular flexibility index (Phi) is 5.21. The SMILES string of the molecule is CC1(C)c2cc(-c3cccc4oc5cc6ccccc6cc5c34)ccc2-c2c(-c3ccc4oc5ccccc5c4c3)cc3ccccc3c21. The molecule has 8 aromatic carbocycles. The average Bonchev–Trinajstić information content (AvgIpc) is 3.77.